The molecule has 144 valence electrons. The van der Waals surface area contributed by atoms with Crippen LogP contribution >= 0.6 is 0 Å². The summed E-state index contributed by atoms with van der Waals surface area (Å²) >= 11 is 0. The fourth-order valence-electron chi connectivity index (χ4n) is 3.85. The molecular weight excluding hydrogens is 360 g/mol. The number of aliphatic imine (C=N–C) groups is 1. The predicted molar refractivity (Wildman–Crippen MR) is 114 cm³/mol. The molecule has 0 saturated heterocycles. The molecular formula is C24H22N4O. The van der Waals surface area contributed by atoms with E-state index < -0.39 is 5.41 Å². The summed E-state index contributed by atoms with van der Waals surface area (Å²) in [6, 6.07) is 22.3. The highest BCUT2D eigenvalue weighted by Gasteiger charge is 2.50. The van der Waals surface area contributed by atoms with E-state index in [-0.39, 0.29) is 11.9 Å². The van der Waals surface area contributed by atoms with Gasteiger partial charge in [-0.1, -0.05) is 60.7 Å². The molecule has 0 unspecified atom stereocenters. The molecule has 0 atom stereocenters. The summed E-state index contributed by atoms with van der Waals surface area (Å²) in [4.78, 5) is 19.7. The zero-order valence-corrected chi connectivity index (χ0v) is 16.5. The van der Waals surface area contributed by atoms with E-state index in [1.54, 1.807) is 0 Å². The fourth-order valence-corrected chi connectivity index (χ4v) is 3.85. The van der Waals surface area contributed by atoms with Gasteiger partial charge < -0.3 is 0 Å². The maximum atomic E-state index is 13.0. The largest absolute Gasteiger partial charge is 0.291 e. The Morgan fingerprint density at radius 3 is 2.10 bits per heavy atom. The van der Waals surface area contributed by atoms with Crippen molar-refractivity contribution < 1.29 is 4.79 Å². The van der Waals surface area contributed by atoms with Gasteiger partial charge in [0.15, 0.2) is 11.6 Å². The van der Waals surface area contributed by atoms with E-state index in [4.69, 9.17) is 4.99 Å². The number of hydrogen-bond acceptors (Lipinski definition) is 4. The van der Waals surface area contributed by atoms with Crippen LogP contribution in [0, 0.1) is 0 Å². The van der Waals surface area contributed by atoms with E-state index >= 15 is 0 Å². The van der Waals surface area contributed by atoms with Crippen molar-refractivity contribution in [3.8, 4) is 0 Å². The maximum Gasteiger partial charge on any atom is 0.238 e. The van der Waals surface area contributed by atoms with Gasteiger partial charge in [0.25, 0.3) is 0 Å². The summed E-state index contributed by atoms with van der Waals surface area (Å²) in [5, 5.41) is 8.81. The van der Waals surface area contributed by atoms with Crippen LogP contribution in [0.3, 0.4) is 0 Å². The van der Waals surface area contributed by atoms with Gasteiger partial charge in [-0.05, 0) is 32.8 Å². The zero-order valence-electron chi connectivity index (χ0n) is 16.5. The van der Waals surface area contributed by atoms with Crippen molar-refractivity contribution in [2.45, 2.75) is 38.1 Å². The molecule has 1 fully saturated rings. The summed E-state index contributed by atoms with van der Waals surface area (Å²) in [5.41, 5.74) is 3.15. The highest BCUT2D eigenvalue weighted by Crippen LogP contribution is 2.45. The monoisotopic (exact) mass is 382 g/mol. The molecule has 1 aliphatic heterocycles. The van der Waals surface area contributed by atoms with Crippen LogP contribution in [-0.2, 0) is 10.2 Å². The molecule has 2 heterocycles. The van der Waals surface area contributed by atoms with Crippen molar-refractivity contribution in [3.05, 3.63) is 83.4 Å². The van der Waals surface area contributed by atoms with Crippen LogP contribution in [0.4, 0.5) is 11.6 Å². The number of carbonyl (C=O) groups excluding carboxylic acids is 1. The minimum Gasteiger partial charge on any atom is -0.291 e. The second kappa shape index (κ2) is 6.62. The van der Waals surface area contributed by atoms with E-state index in [1.807, 2.05) is 85.5 Å². The standard InChI is InChI=1S/C24H22N4O/c1-24(2)19-15-20(26-27-22(19)28(23(24)29)18-13-14-18)25-21(16-9-5-3-6-10-16)17-11-7-4-8-12-17/h3-12,15,18H,13-14H2,1-2H3. The summed E-state index contributed by atoms with van der Waals surface area (Å²) < 4.78 is 0. The number of fused-ring (bicyclic) bond motifs is 1. The molecule has 1 amide bonds. The maximum absolute atomic E-state index is 13.0. The van der Waals surface area contributed by atoms with Crippen molar-refractivity contribution in [1.29, 1.82) is 0 Å². The molecule has 0 spiro atoms. The first-order valence-corrected chi connectivity index (χ1v) is 9.97. The number of rotatable bonds is 4. The number of benzene rings is 2. The second-order valence-electron chi connectivity index (χ2n) is 8.16. The molecule has 0 radical (unpaired) electrons. The molecule has 5 nitrogen and oxygen atoms in total. The molecule has 2 aliphatic rings. The van der Waals surface area contributed by atoms with Crippen LogP contribution in [0.25, 0.3) is 0 Å². The van der Waals surface area contributed by atoms with Gasteiger partial charge in [-0.15, -0.1) is 10.2 Å². The number of nitrogens with zero attached hydrogens (tertiary/aromatic N) is 4. The van der Waals surface area contributed by atoms with Gasteiger partial charge in [0, 0.05) is 22.7 Å². The number of hydrogen-bond donors (Lipinski definition) is 0. The Morgan fingerprint density at radius 1 is 0.966 bits per heavy atom. The first-order valence-electron chi connectivity index (χ1n) is 9.97. The lowest BCUT2D eigenvalue weighted by molar-refractivity contribution is -0.122. The van der Waals surface area contributed by atoms with Gasteiger partial charge in [0.05, 0.1) is 11.1 Å². The first kappa shape index (κ1) is 17.7. The van der Waals surface area contributed by atoms with E-state index in [1.165, 1.54) is 0 Å². The van der Waals surface area contributed by atoms with Gasteiger partial charge in [-0.25, -0.2) is 4.99 Å². The van der Waals surface area contributed by atoms with Gasteiger partial charge >= 0.3 is 0 Å². The Balaban J connectivity index is 1.63. The third kappa shape index (κ3) is 3.03. The van der Waals surface area contributed by atoms with Crippen LogP contribution < -0.4 is 4.90 Å². The van der Waals surface area contributed by atoms with Gasteiger partial charge in [0.1, 0.15) is 0 Å². The summed E-state index contributed by atoms with van der Waals surface area (Å²) in [6.07, 6.45) is 2.07. The highest BCUT2D eigenvalue weighted by molar-refractivity contribution is 6.14. The smallest absolute Gasteiger partial charge is 0.238 e. The predicted octanol–water partition coefficient (Wildman–Crippen LogP) is 4.43. The molecule has 1 aromatic heterocycles. The average molecular weight is 382 g/mol. The summed E-state index contributed by atoms with van der Waals surface area (Å²) in [6.45, 7) is 3.92. The number of aromatic nitrogens is 2. The van der Waals surface area contributed by atoms with Crippen LogP contribution in [0.15, 0.2) is 71.7 Å². The van der Waals surface area contributed by atoms with Crippen molar-refractivity contribution in [1.82, 2.24) is 10.2 Å². The van der Waals surface area contributed by atoms with Crippen molar-refractivity contribution >= 4 is 23.3 Å². The normalized spacial score (nSPS) is 17.2. The number of anilines is 1. The van der Waals surface area contributed by atoms with Crippen molar-refractivity contribution in [2.24, 2.45) is 4.99 Å². The highest BCUT2D eigenvalue weighted by atomic mass is 16.2. The first-order chi connectivity index (χ1) is 14.1. The summed E-state index contributed by atoms with van der Waals surface area (Å²) in [7, 11) is 0. The number of amides is 1. The van der Waals surface area contributed by atoms with Crippen LogP contribution in [0.1, 0.15) is 43.4 Å². The van der Waals surface area contributed by atoms with Gasteiger partial charge in [0.2, 0.25) is 5.91 Å². The quantitative estimate of drug-likeness (QED) is 0.627. The molecule has 5 rings (SSSR count). The van der Waals surface area contributed by atoms with Crippen LogP contribution in [0.2, 0.25) is 0 Å². The Labute approximate surface area is 170 Å². The Kier molecular flexibility index (Phi) is 4.05. The lowest BCUT2D eigenvalue weighted by Crippen LogP contribution is -2.37. The fraction of sp³-hybridized carbons (Fsp3) is 0.250. The second-order valence-corrected chi connectivity index (χ2v) is 8.16. The molecule has 0 N–H and O–H groups in total. The Bertz CT molecular complexity index is 1060. The molecule has 3 aromatic rings. The van der Waals surface area contributed by atoms with Gasteiger partial charge in [-0.3, -0.25) is 9.69 Å². The lowest BCUT2D eigenvalue weighted by atomic mass is 9.87. The van der Waals surface area contributed by atoms with Crippen molar-refractivity contribution in [2.75, 3.05) is 4.90 Å². The van der Waals surface area contributed by atoms with Gasteiger partial charge in [-0.2, -0.15) is 0 Å². The van der Waals surface area contributed by atoms with E-state index in [0.717, 1.165) is 35.2 Å². The minimum absolute atomic E-state index is 0.108. The topological polar surface area (TPSA) is 58.5 Å². The Hall–Kier alpha value is -3.34. The minimum atomic E-state index is -0.613. The molecule has 0 bridgehead atoms. The zero-order chi connectivity index (χ0) is 20.0. The lowest BCUT2D eigenvalue weighted by Gasteiger charge is -2.18. The summed E-state index contributed by atoms with van der Waals surface area (Å²) in [5.74, 6) is 1.32. The van der Waals surface area contributed by atoms with Crippen molar-refractivity contribution in [3.63, 3.8) is 0 Å². The van der Waals surface area contributed by atoms with E-state index in [2.05, 4.69) is 10.2 Å². The molecule has 29 heavy (non-hydrogen) atoms. The van der Waals surface area contributed by atoms with E-state index in [9.17, 15) is 4.79 Å². The molecule has 1 saturated carbocycles. The molecule has 2 aromatic carbocycles. The molecule has 1 aliphatic carbocycles. The SMILES string of the molecule is CC1(C)C(=O)N(C2CC2)c2nnc(N=C(c3ccccc3)c3ccccc3)cc21. The Morgan fingerprint density at radius 2 is 1.55 bits per heavy atom. The third-order valence-electron chi connectivity index (χ3n) is 5.65. The van der Waals surface area contributed by atoms with Crippen LogP contribution in [-0.4, -0.2) is 27.9 Å². The number of carbonyl (C=O) groups is 1. The average Bonchev–Trinajstić information content (AvgIpc) is 3.56. The molecule has 5 heteroatoms. The third-order valence-corrected chi connectivity index (χ3v) is 5.65. The van der Waals surface area contributed by atoms with E-state index in [0.29, 0.717) is 11.6 Å². The van der Waals surface area contributed by atoms with Crippen LogP contribution in [0.5, 0.6) is 0 Å².